The van der Waals surface area contributed by atoms with Crippen LogP contribution in [-0.4, -0.2) is 79.8 Å². The van der Waals surface area contributed by atoms with Crippen molar-refractivity contribution in [1.29, 1.82) is 5.26 Å². The first kappa shape index (κ1) is 37.3. The number of aryl methyl sites for hydroxylation is 2. The maximum absolute atomic E-state index is 12.8. The molecule has 6 heterocycles. The number of aromatic nitrogens is 4. The zero-order chi connectivity index (χ0) is 30.7. The van der Waals surface area contributed by atoms with Gasteiger partial charge in [-0.25, -0.2) is 10.0 Å². The molecule has 13 heteroatoms. The van der Waals surface area contributed by atoms with Crippen LogP contribution in [0.5, 0.6) is 0 Å². The first-order valence-corrected chi connectivity index (χ1v) is 14.6. The topological polar surface area (TPSA) is 122 Å². The Balaban J connectivity index is 0.000000279. The number of amides is 2. The van der Waals surface area contributed by atoms with Crippen LogP contribution in [0.2, 0.25) is 0 Å². The van der Waals surface area contributed by atoms with Crippen LogP contribution >= 0.6 is 0 Å². The summed E-state index contributed by atoms with van der Waals surface area (Å²) >= 11 is 0. The fourth-order valence-corrected chi connectivity index (χ4v) is 5.95. The molecule has 2 atom stereocenters. The molecule has 6 rings (SSSR count). The third-order valence-electron chi connectivity index (χ3n) is 8.47. The molecule has 0 spiro atoms. The summed E-state index contributed by atoms with van der Waals surface area (Å²) < 4.78 is 0. The fourth-order valence-electron chi connectivity index (χ4n) is 5.95. The Bertz CT molecular complexity index is 1300. The van der Waals surface area contributed by atoms with Gasteiger partial charge in [0.1, 0.15) is 6.04 Å². The molecule has 2 amide bonds. The van der Waals surface area contributed by atoms with Gasteiger partial charge in [-0.05, 0) is 52.0 Å². The molecule has 44 heavy (non-hydrogen) atoms. The quantitative estimate of drug-likeness (QED) is 0.365. The molecule has 0 N–H and O–H groups in total. The van der Waals surface area contributed by atoms with E-state index in [1.165, 1.54) is 0 Å². The molecule has 0 aromatic carbocycles. The summed E-state index contributed by atoms with van der Waals surface area (Å²) in [7, 11) is 0. The van der Waals surface area contributed by atoms with Crippen LogP contribution < -0.4 is 29.6 Å². The molecule has 3 saturated heterocycles. The molecule has 0 bridgehead atoms. The molecular formula is C31H42BN9NaO2. The van der Waals surface area contributed by atoms with E-state index in [9.17, 15) is 9.59 Å². The maximum atomic E-state index is 12.8. The predicted molar refractivity (Wildman–Crippen MR) is 161 cm³/mol. The molecular weight excluding hydrogens is 564 g/mol. The van der Waals surface area contributed by atoms with Crippen LogP contribution in [0.15, 0.2) is 37.1 Å². The van der Waals surface area contributed by atoms with Crippen LogP contribution in [0.4, 0.5) is 0 Å². The normalized spacial score (nSPS) is 23.3. The minimum atomic E-state index is -0.322. The van der Waals surface area contributed by atoms with Gasteiger partial charge in [-0.15, -0.1) is 0 Å². The van der Waals surface area contributed by atoms with Crippen molar-refractivity contribution in [3.63, 3.8) is 0 Å². The summed E-state index contributed by atoms with van der Waals surface area (Å²) in [6.45, 7) is 19.5. The summed E-state index contributed by atoms with van der Waals surface area (Å²) in [4.78, 5) is 43.2. The average molecular weight is 607 g/mol. The summed E-state index contributed by atoms with van der Waals surface area (Å²) in [5.74, 6) is 0.382. The van der Waals surface area contributed by atoms with E-state index < -0.39 is 0 Å². The second kappa shape index (κ2) is 15.4. The van der Waals surface area contributed by atoms with Crippen molar-refractivity contribution in [3.05, 3.63) is 66.4 Å². The third-order valence-corrected chi connectivity index (χ3v) is 8.47. The Morgan fingerprint density at radius 2 is 1.30 bits per heavy atom. The molecule has 4 aliphatic rings. The molecule has 3 radical (unpaired) electrons. The zero-order valence-corrected chi connectivity index (χ0v) is 29.2. The van der Waals surface area contributed by atoms with Crippen LogP contribution in [0.25, 0.3) is 0 Å². The van der Waals surface area contributed by atoms with Crippen LogP contribution in [0.3, 0.4) is 0 Å². The van der Waals surface area contributed by atoms with Gasteiger partial charge in [0.2, 0.25) is 11.8 Å². The van der Waals surface area contributed by atoms with Crippen molar-refractivity contribution in [3.8, 4) is 0 Å². The molecule has 227 valence electrons. The van der Waals surface area contributed by atoms with Gasteiger partial charge in [-0.3, -0.25) is 39.5 Å². The number of hydrogen-bond acceptors (Lipinski definition) is 9. The smallest absolute Gasteiger partial charge is 0.512 e. The van der Waals surface area contributed by atoms with Crippen molar-refractivity contribution in [2.24, 2.45) is 10.8 Å². The standard InChI is InChI=1S/C15H22N4O.C15H20N4O.CN.B.Na/c2*1-11-9-17-12(10-16-11)13-5-8-18-7-4-6-15(2,3)14(20)19(13)18;1-2;;/h9-10,13H,4-8H2,1-3H3;5,8-10,13H,4,6-7H2,1-3H3;;;/q;;-1;;+1. The van der Waals surface area contributed by atoms with Crippen LogP contribution in [0.1, 0.15) is 94.7 Å². The monoisotopic (exact) mass is 606 g/mol. The van der Waals surface area contributed by atoms with Crippen LogP contribution in [0, 0.1) is 36.5 Å². The number of rotatable bonds is 2. The number of fused-ring (bicyclic) bond motifs is 2. The van der Waals surface area contributed by atoms with E-state index in [2.05, 4.69) is 38.8 Å². The van der Waals surface area contributed by atoms with Gasteiger partial charge in [0, 0.05) is 57.5 Å². The number of carbonyl (C=O) groups is 2. The Labute approximate surface area is 285 Å². The summed E-state index contributed by atoms with van der Waals surface area (Å²) in [5, 5.41) is 14.3. The Kier molecular flexibility index (Phi) is 13.1. The Morgan fingerprint density at radius 3 is 1.84 bits per heavy atom. The van der Waals surface area contributed by atoms with Gasteiger partial charge in [-0.1, -0.05) is 27.7 Å². The van der Waals surface area contributed by atoms with E-state index in [1.54, 1.807) is 18.6 Å². The first-order valence-electron chi connectivity index (χ1n) is 14.6. The molecule has 4 aliphatic heterocycles. The molecule has 2 aromatic rings. The van der Waals surface area contributed by atoms with Crippen LogP contribution in [-0.2, 0) is 9.59 Å². The summed E-state index contributed by atoms with van der Waals surface area (Å²) in [6.07, 6.45) is 16.0. The van der Waals surface area contributed by atoms with E-state index in [4.69, 9.17) is 11.8 Å². The SMILES string of the molecule is Cc1cnc(C2C=CN3CCCC(C)(C)C(=O)N23)cn1.Cc1cnc(C2CCN3CCCC(C)(C)C(=O)N23)cn1.[B].[C-]#N.[Na+]. The summed E-state index contributed by atoms with van der Waals surface area (Å²) in [5.41, 5.74) is 2.91. The minimum Gasteiger partial charge on any atom is -0.512 e. The van der Waals surface area contributed by atoms with E-state index in [0.717, 1.165) is 74.5 Å². The second-order valence-electron chi connectivity index (χ2n) is 12.6. The number of hydrazine groups is 2. The minimum absolute atomic E-state index is 0. The van der Waals surface area contributed by atoms with Gasteiger partial charge in [-0.2, -0.15) is 0 Å². The van der Waals surface area contributed by atoms with E-state index >= 15 is 0 Å². The maximum Gasteiger partial charge on any atom is 1.00 e. The Morgan fingerprint density at radius 1 is 0.773 bits per heavy atom. The van der Waals surface area contributed by atoms with Gasteiger partial charge < -0.3 is 11.8 Å². The Hall–Kier alpha value is -2.85. The summed E-state index contributed by atoms with van der Waals surface area (Å²) in [6, 6.07) is -0.0825. The molecule has 0 aliphatic carbocycles. The average Bonchev–Trinajstić information content (AvgIpc) is 3.53. The molecule has 0 saturated carbocycles. The number of carbonyl (C=O) groups excluding carboxylic acids is 2. The number of hydrogen-bond donors (Lipinski definition) is 0. The first-order chi connectivity index (χ1) is 20.0. The van der Waals surface area contributed by atoms with Crippen molar-refractivity contribution >= 4 is 20.2 Å². The fraction of sp³-hybridized carbons (Fsp3) is 0.581. The van der Waals surface area contributed by atoms with Crippen molar-refractivity contribution < 1.29 is 39.1 Å². The molecule has 3 fully saturated rings. The molecule has 11 nitrogen and oxygen atoms in total. The van der Waals surface area contributed by atoms with Gasteiger partial charge in [0.15, 0.2) is 0 Å². The zero-order valence-electron chi connectivity index (χ0n) is 27.2. The largest absolute Gasteiger partial charge is 1.00 e. The van der Waals surface area contributed by atoms with Gasteiger partial charge in [0.05, 0.1) is 41.2 Å². The van der Waals surface area contributed by atoms with Gasteiger partial charge >= 0.3 is 29.6 Å². The number of nitrogens with zero attached hydrogens (tertiary/aromatic N) is 9. The predicted octanol–water partition coefficient (Wildman–Crippen LogP) is 1.03. The molecule has 2 unspecified atom stereocenters. The van der Waals surface area contributed by atoms with Crippen molar-refractivity contribution in [2.75, 3.05) is 19.6 Å². The third kappa shape index (κ3) is 7.86. The second-order valence-corrected chi connectivity index (χ2v) is 12.6. The van der Waals surface area contributed by atoms with Crippen molar-refractivity contribution in [2.45, 2.75) is 85.7 Å². The molecule has 2 aromatic heterocycles. The van der Waals surface area contributed by atoms with E-state index in [-0.39, 0.29) is 72.7 Å². The van der Waals surface area contributed by atoms with E-state index in [1.807, 2.05) is 61.2 Å². The van der Waals surface area contributed by atoms with Gasteiger partial charge in [0.25, 0.3) is 0 Å². The van der Waals surface area contributed by atoms with Crippen molar-refractivity contribution in [1.82, 2.24) is 40.0 Å². The van der Waals surface area contributed by atoms with E-state index in [0.29, 0.717) is 0 Å².